The van der Waals surface area contributed by atoms with Crippen LogP contribution in [-0.4, -0.2) is 15.0 Å². The molecule has 0 saturated carbocycles. The minimum atomic E-state index is 0.586. The predicted molar refractivity (Wildman–Crippen MR) is 229 cm³/mol. The molecule has 0 spiro atoms. The van der Waals surface area contributed by atoms with Crippen LogP contribution < -0.4 is 0 Å². The molecular weight excluding hydrogens is 703 g/mol. The third-order valence-corrected chi connectivity index (χ3v) is 10.9. The van der Waals surface area contributed by atoms with Crippen LogP contribution in [-0.2, 0) is 0 Å². The standard InChI is InChI=1S/C51H29N3O3/c1-2-12-30(13-3-1)49-52-50(54-51(53-49)39-22-11-25-44-47(39)38-19-5-7-24-43(38)55-44)34-17-9-15-32(27-34)31-14-8-16-33(26-31)35-20-10-21-37-41-28-40-36-18-4-6-23-42(36)56-45(40)29-46(41)57-48(35)37/h1-29H. The molecular formula is C51H29N3O3. The number of para-hydroxylation sites is 3. The Kier molecular flexibility index (Phi) is 6.83. The quantitative estimate of drug-likeness (QED) is 0.175. The second kappa shape index (κ2) is 12.3. The lowest BCUT2D eigenvalue weighted by Gasteiger charge is -2.11. The molecule has 6 nitrogen and oxygen atoms in total. The summed E-state index contributed by atoms with van der Waals surface area (Å²) in [6.07, 6.45) is 0. The zero-order valence-corrected chi connectivity index (χ0v) is 30.3. The van der Waals surface area contributed by atoms with Crippen molar-refractivity contribution >= 4 is 65.8 Å². The van der Waals surface area contributed by atoms with E-state index in [9.17, 15) is 0 Å². The Morgan fingerprint density at radius 2 is 0.807 bits per heavy atom. The van der Waals surface area contributed by atoms with Gasteiger partial charge in [-0.05, 0) is 53.1 Å². The third kappa shape index (κ3) is 5.08. The van der Waals surface area contributed by atoms with Gasteiger partial charge in [0.25, 0.3) is 0 Å². The Bertz CT molecular complexity index is 3540. The molecule has 4 heterocycles. The Morgan fingerprint density at radius 3 is 1.65 bits per heavy atom. The molecule has 8 aromatic carbocycles. The van der Waals surface area contributed by atoms with E-state index >= 15 is 0 Å². The second-order valence-corrected chi connectivity index (χ2v) is 14.3. The van der Waals surface area contributed by atoms with Crippen LogP contribution in [0.3, 0.4) is 0 Å². The third-order valence-electron chi connectivity index (χ3n) is 10.9. The first kappa shape index (κ1) is 31.5. The number of aromatic nitrogens is 3. The first-order valence-corrected chi connectivity index (χ1v) is 18.9. The zero-order chi connectivity index (χ0) is 37.5. The molecule has 0 bridgehead atoms. The topological polar surface area (TPSA) is 78.1 Å². The van der Waals surface area contributed by atoms with Gasteiger partial charge in [-0.25, -0.2) is 15.0 Å². The van der Waals surface area contributed by atoms with Crippen molar-refractivity contribution in [2.24, 2.45) is 0 Å². The van der Waals surface area contributed by atoms with Crippen LogP contribution in [0.15, 0.2) is 189 Å². The number of hydrogen-bond acceptors (Lipinski definition) is 6. The van der Waals surface area contributed by atoms with Gasteiger partial charge in [-0.3, -0.25) is 0 Å². The summed E-state index contributed by atoms with van der Waals surface area (Å²) < 4.78 is 19.0. The fraction of sp³-hybridized carbons (Fsp3) is 0. The van der Waals surface area contributed by atoms with Gasteiger partial charge in [0.05, 0.1) is 0 Å². The summed E-state index contributed by atoms with van der Waals surface area (Å²) in [5.74, 6) is 1.78. The molecule has 57 heavy (non-hydrogen) atoms. The Morgan fingerprint density at radius 1 is 0.281 bits per heavy atom. The Labute approximate surface area is 325 Å². The first-order chi connectivity index (χ1) is 28.2. The van der Waals surface area contributed by atoms with E-state index < -0.39 is 0 Å². The van der Waals surface area contributed by atoms with E-state index in [1.807, 2.05) is 84.9 Å². The van der Waals surface area contributed by atoms with Crippen LogP contribution in [0.2, 0.25) is 0 Å². The number of benzene rings is 8. The summed E-state index contributed by atoms with van der Waals surface area (Å²) in [5.41, 5.74) is 11.9. The summed E-state index contributed by atoms with van der Waals surface area (Å²) in [4.78, 5) is 15.2. The van der Waals surface area contributed by atoms with E-state index in [-0.39, 0.29) is 0 Å². The normalized spacial score (nSPS) is 11.9. The number of furan rings is 3. The van der Waals surface area contributed by atoms with Gasteiger partial charge in [-0.2, -0.15) is 0 Å². The predicted octanol–water partition coefficient (Wildman–Crippen LogP) is 13.9. The molecule has 0 aliphatic carbocycles. The molecule has 0 atom stereocenters. The van der Waals surface area contributed by atoms with E-state index in [1.165, 1.54) is 0 Å². The van der Waals surface area contributed by atoms with Crippen LogP contribution in [0.4, 0.5) is 0 Å². The molecule has 0 amide bonds. The maximum Gasteiger partial charge on any atom is 0.164 e. The molecule has 12 aromatic rings. The van der Waals surface area contributed by atoms with Crippen molar-refractivity contribution in [1.29, 1.82) is 0 Å². The molecule has 0 unspecified atom stereocenters. The molecule has 4 aromatic heterocycles. The molecule has 0 aliphatic rings. The highest BCUT2D eigenvalue weighted by Crippen LogP contribution is 2.41. The highest BCUT2D eigenvalue weighted by atomic mass is 16.3. The minimum Gasteiger partial charge on any atom is -0.456 e. The van der Waals surface area contributed by atoms with Crippen molar-refractivity contribution in [2.45, 2.75) is 0 Å². The van der Waals surface area contributed by atoms with Crippen LogP contribution in [0.1, 0.15) is 0 Å². The molecule has 0 N–H and O–H groups in total. The van der Waals surface area contributed by atoms with Gasteiger partial charge >= 0.3 is 0 Å². The zero-order valence-electron chi connectivity index (χ0n) is 30.3. The second-order valence-electron chi connectivity index (χ2n) is 14.3. The molecule has 6 heteroatoms. The summed E-state index contributed by atoms with van der Waals surface area (Å²) >= 11 is 0. The maximum atomic E-state index is 6.62. The lowest BCUT2D eigenvalue weighted by atomic mass is 9.96. The van der Waals surface area contributed by atoms with E-state index in [2.05, 4.69) is 91.0 Å². The maximum absolute atomic E-state index is 6.62. The van der Waals surface area contributed by atoms with Crippen LogP contribution in [0, 0.1) is 0 Å². The fourth-order valence-electron chi connectivity index (χ4n) is 8.25. The lowest BCUT2D eigenvalue weighted by molar-refractivity contribution is 0.656. The van der Waals surface area contributed by atoms with Crippen molar-refractivity contribution in [3.05, 3.63) is 176 Å². The van der Waals surface area contributed by atoms with Crippen molar-refractivity contribution in [3.63, 3.8) is 0 Å². The molecule has 266 valence electrons. The van der Waals surface area contributed by atoms with Gasteiger partial charge in [0.2, 0.25) is 0 Å². The van der Waals surface area contributed by atoms with Gasteiger partial charge < -0.3 is 13.3 Å². The number of fused-ring (bicyclic) bond motifs is 9. The van der Waals surface area contributed by atoms with Gasteiger partial charge in [0.1, 0.15) is 33.5 Å². The number of nitrogens with zero attached hydrogens (tertiary/aromatic N) is 3. The van der Waals surface area contributed by atoms with Gasteiger partial charge in [0.15, 0.2) is 17.5 Å². The highest BCUT2D eigenvalue weighted by Gasteiger charge is 2.19. The fourth-order valence-corrected chi connectivity index (χ4v) is 8.25. The van der Waals surface area contributed by atoms with Crippen LogP contribution in [0.5, 0.6) is 0 Å². The molecule has 0 fully saturated rings. The van der Waals surface area contributed by atoms with Crippen LogP contribution in [0.25, 0.3) is 122 Å². The van der Waals surface area contributed by atoms with Crippen LogP contribution >= 0.6 is 0 Å². The van der Waals surface area contributed by atoms with E-state index in [4.69, 9.17) is 28.2 Å². The monoisotopic (exact) mass is 731 g/mol. The van der Waals surface area contributed by atoms with E-state index in [0.717, 1.165) is 105 Å². The average Bonchev–Trinajstić information content (AvgIpc) is 3.96. The molecule has 0 saturated heterocycles. The largest absolute Gasteiger partial charge is 0.456 e. The van der Waals surface area contributed by atoms with Gasteiger partial charge in [0, 0.05) is 60.6 Å². The molecule has 12 rings (SSSR count). The van der Waals surface area contributed by atoms with Crippen molar-refractivity contribution in [3.8, 4) is 56.4 Å². The SMILES string of the molecule is c1ccc(-c2nc(-c3cccc(-c4cccc(-c5cccc6c5oc5cc7oc8ccccc8c7cc56)c4)c3)nc(-c3cccc4oc5ccccc5c34)n2)cc1. The Balaban J connectivity index is 0.973. The summed E-state index contributed by atoms with van der Waals surface area (Å²) in [6.45, 7) is 0. The molecule has 0 aliphatic heterocycles. The number of rotatable bonds is 5. The summed E-state index contributed by atoms with van der Waals surface area (Å²) in [5, 5.41) is 6.33. The summed E-state index contributed by atoms with van der Waals surface area (Å²) in [7, 11) is 0. The highest BCUT2D eigenvalue weighted by molar-refractivity contribution is 6.17. The van der Waals surface area contributed by atoms with E-state index in [0.29, 0.717) is 17.5 Å². The Hall–Kier alpha value is -7.83. The van der Waals surface area contributed by atoms with E-state index in [1.54, 1.807) is 0 Å². The average molecular weight is 732 g/mol. The minimum absolute atomic E-state index is 0.586. The smallest absolute Gasteiger partial charge is 0.164 e. The van der Waals surface area contributed by atoms with Gasteiger partial charge in [-0.1, -0.05) is 133 Å². The number of hydrogen-bond donors (Lipinski definition) is 0. The lowest BCUT2D eigenvalue weighted by Crippen LogP contribution is -2.00. The van der Waals surface area contributed by atoms with Crippen molar-refractivity contribution in [1.82, 2.24) is 15.0 Å². The first-order valence-electron chi connectivity index (χ1n) is 18.9. The van der Waals surface area contributed by atoms with Crippen molar-refractivity contribution in [2.75, 3.05) is 0 Å². The summed E-state index contributed by atoms with van der Waals surface area (Å²) in [6, 6.07) is 59.9. The van der Waals surface area contributed by atoms with Gasteiger partial charge in [-0.15, -0.1) is 0 Å². The molecule has 0 radical (unpaired) electrons. The van der Waals surface area contributed by atoms with Crippen molar-refractivity contribution < 1.29 is 13.3 Å².